The van der Waals surface area contributed by atoms with Crippen LogP contribution in [0.1, 0.15) is 23.8 Å². The Morgan fingerprint density at radius 2 is 1.79 bits per heavy atom. The van der Waals surface area contributed by atoms with E-state index in [4.69, 9.17) is 11.6 Å². The molecule has 1 aliphatic heterocycles. The van der Waals surface area contributed by atoms with E-state index < -0.39 is 0 Å². The maximum atomic E-state index is 12.2. The van der Waals surface area contributed by atoms with Crippen molar-refractivity contribution in [3.8, 4) is 0 Å². The fraction of sp³-hybridized carbons (Fsp3) is 0.500. The molecule has 0 aliphatic carbocycles. The Morgan fingerprint density at radius 3 is 2.42 bits per heavy atom. The first-order valence-corrected chi connectivity index (χ1v) is 6.50. The highest BCUT2D eigenvalue weighted by molar-refractivity contribution is 6.29. The molecule has 2 amide bonds. The summed E-state index contributed by atoms with van der Waals surface area (Å²) in [7, 11) is 0. The highest BCUT2D eigenvalue weighted by Gasteiger charge is 2.22. The number of carbonyl (C=O) groups excluding carboxylic acids is 2. The van der Waals surface area contributed by atoms with Gasteiger partial charge in [0.1, 0.15) is 0 Å². The van der Waals surface area contributed by atoms with Crippen molar-refractivity contribution >= 4 is 23.4 Å². The largest absolute Gasteiger partial charge is 0.341 e. The van der Waals surface area contributed by atoms with Crippen LogP contribution in [0.15, 0.2) is 12.1 Å². The van der Waals surface area contributed by atoms with Gasteiger partial charge in [-0.1, -0.05) is 11.6 Å². The first-order chi connectivity index (χ1) is 9.08. The molecule has 0 unspecified atom stereocenters. The van der Waals surface area contributed by atoms with E-state index in [1.807, 2.05) is 0 Å². The van der Waals surface area contributed by atoms with Crippen LogP contribution < -0.4 is 0 Å². The third-order valence-corrected chi connectivity index (χ3v) is 3.28. The van der Waals surface area contributed by atoms with Gasteiger partial charge in [0.25, 0.3) is 5.91 Å². The monoisotopic (exact) mass is 282 g/mol. The third kappa shape index (κ3) is 3.41. The van der Waals surface area contributed by atoms with Crippen LogP contribution in [0.2, 0.25) is 5.15 Å². The first kappa shape index (κ1) is 13.7. The molecule has 0 N–H and O–H groups in total. The Bertz CT molecular complexity index is 477. The van der Waals surface area contributed by atoms with Crippen LogP contribution in [-0.4, -0.2) is 58.0 Å². The van der Waals surface area contributed by atoms with Gasteiger partial charge in [0, 0.05) is 33.1 Å². The number of carbonyl (C=O) groups is 2. The summed E-state index contributed by atoms with van der Waals surface area (Å²) in [5.41, 5.74) is 0.278. The second-order valence-corrected chi connectivity index (χ2v) is 4.78. The van der Waals surface area contributed by atoms with E-state index >= 15 is 0 Å². The summed E-state index contributed by atoms with van der Waals surface area (Å²) >= 11 is 5.64. The van der Waals surface area contributed by atoms with Gasteiger partial charge in [-0.05, 0) is 18.6 Å². The number of hydrogen-bond acceptors (Lipinski definition) is 4. The molecule has 1 fully saturated rings. The SMILES string of the molecule is CC(=O)N1CCCN(C(=O)c2ccc(Cl)nn2)CC1. The minimum Gasteiger partial charge on any atom is -0.341 e. The van der Waals surface area contributed by atoms with Crippen LogP contribution in [-0.2, 0) is 4.79 Å². The molecule has 1 aromatic heterocycles. The molecule has 2 rings (SSSR count). The van der Waals surface area contributed by atoms with Crippen LogP contribution >= 0.6 is 11.6 Å². The quantitative estimate of drug-likeness (QED) is 0.765. The lowest BCUT2D eigenvalue weighted by atomic mass is 10.3. The van der Waals surface area contributed by atoms with E-state index in [2.05, 4.69) is 10.2 Å². The minimum atomic E-state index is -0.172. The summed E-state index contributed by atoms with van der Waals surface area (Å²) in [4.78, 5) is 27.0. The van der Waals surface area contributed by atoms with Gasteiger partial charge >= 0.3 is 0 Å². The Labute approximate surface area is 116 Å². The fourth-order valence-corrected chi connectivity index (χ4v) is 2.13. The summed E-state index contributed by atoms with van der Waals surface area (Å²) in [5, 5.41) is 7.71. The Hall–Kier alpha value is -1.69. The standard InChI is InChI=1S/C12H15ClN4O2/c1-9(18)16-5-2-6-17(8-7-16)12(19)10-3-4-11(13)15-14-10/h3-4H,2,5-8H2,1H3. The van der Waals surface area contributed by atoms with Gasteiger partial charge in [-0.3, -0.25) is 9.59 Å². The predicted molar refractivity (Wildman–Crippen MR) is 69.8 cm³/mol. The van der Waals surface area contributed by atoms with Crippen molar-refractivity contribution in [1.82, 2.24) is 20.0 Å². The maximum Gasteiger partial charge on any atom is 0.274 e. The fourth-order valence-electron chi connectivity index (χ4n) is 2.03. The van der Waals surface area contributed by atoms with Crippen LogP contribution in [0.3, 0.4) is 0 Å². The Kier molecular flexibility index (Phi) is 4.31. The lowest BCUT2D eigenvalue weighted by Gasteiger charge is -2.20. The molecule has 102 valence electrons. The molecule has 2 heterocycles. The van der Waals surface area contributed by atoms with Gasteiger partial charge in [0.2, 0.25) is 5.91 Å². The van der Waals surface area contributed by atoms with Gasteiger partial charge in [0.15, 0.2) is 10.8 Å². The van der Waals surface area contributed by atoms with E-state index in [1.54, 1.807) is 28.9 Å². The molecule has 1 saturated heterocycles. The number of amides is 2. The molecule has 0 bridgehead atoms. The van der Waals surface area contributed by atoms with Crippen molar-refractivity contribution in [2.45, 2.75) is 13.3 Å². The summed E-state index contributed by atoms with van der Waals surface area (Å²) < 4.78 is 0. The van der Waals surface area contributed by atoms with E-state index in [0.29, 0.717) is 26.2 Å². The van der Waals surface area contributed by atoms with Gasteiger partial charge in [-0.25, -0.2) is 0 Å². The van der Waals surface area contributed by atoms with Crippen molar-refractivity contribution in [2.24, 2.45) is 0 Å². The number of aromatic nitrogens is 2. The number of hydrogen-bond donors (Lipinski definition) is 0. The normalized spacial score (nSPS) is 16.1. The molecule has 0 saturated carbocycles. The molecule has 19 heavy (non-hydrogen) atoms. The molecule has 7 heteroatoms. The lowest BCUT2D eigenvalue weighted by molar-refractivity contribution is -0.128. The van der Waals surface area contributed by atoms with E-state index in [-0.39, 0.29) is 22.7 Å². The van der Waals surface area contributed by atoms with Gasteiger partial charge in [0.05, 0.1) is 0 Å². The molecule has 1 aromatic rings. The van der Waals surface area contributed by atoms with Gasteiger partial charge in [-0.2, -0.15) is 0 Å². The summed E-state index contributed by atoms with van der Waals surface area (Å²) in [6.45, 7) is 3.92. The molecule has 0 aromatic carbocycles. The summed E-state index contributed by atoms with van der Waals surface area (Å²) in [6, 6.07) is 3.10. The van der Waals surface area contributed by atoms with Crippen molar-refractivity contribution in [3.05, 3.63) is 23.0 Å². The third-order valence-electron chi connectivity index (χ3n) is 3.08. The van der Waals surface area contributed by atoms with E-state index in [1.165, 1.54) is 0 Å². The van der Waals surface area contributed by atoms with Crippen molar-refractivity contribution in [3.63, 3.8) is 0 Å². The zero-order chi connectivity index (χ0) is 13.8. The number of halogens is 1. The number of rotatable bonds is 1. The highest BCUT2D eigenvalue weighted by atomic mass is 35.5. The maximum absolute atomic E-state index is 12.2. The van der Waals surface area contributed by atoms with Crippen LogP contribution in [0.25, 0.3) is 0 Å². The zero-order valence-electron chi connectivity index (χ0n) is 10.7. The van der Waals surface area contributed by atoms with Crippen LogP contribution in [0.5, 0.6) is 0 Å². The molecular formula is C12H15ClN4O2. The topological polar surface area (TPSA) is 66.4 Å². The van der Waals surface area contributed by atoms with Crippen LogP contribution in [0.4, 0.5) is 0 Å². The summed E-state index contributed by atoms with van der Waals surface area (Å²) in [6.07, 6.45) is 0.770. The summed E-state index contributed by atoms with van der Waals surface area (Å²) in [5.74, 6) is -0.129. The number of nitrogens with zero attached hydrogens (tertiary/aromatic N) is 4. The molecule has 0 spiro atoms. The van der Waals surface area contributed by atoms with Crippen molar-refractivity contribution in [2.75, 3.05) is 26.2 Å². The van der Waals surface area contributed by atoms with Gasteiger partial charge in [-0.15, -0.1) is 10.2 Å². The molecule has 6 nitrogen and oxygen atoms in total. The second kappa shape index (κ2) is 5.97. The Morgan fingerprint density at radius 1 is 1.11 bits per heavy atom. The lowest BCUT2D eigenvalue weighted by Crippen LogP contribution is -2.36. The van der Waals surface area contributed by atoms with E-state index in [0.717, 1.165) is 6.42 Å². The first-order valence-electron chi connectivity index (χ1n) is 6.12. The average molecular weight is 283 g/mol. The molecular weight excluding hydrogens is 268 g/mol. The van der Waals surface area contributed by atoms with Crippen molar-refractivity contribution < 1.29 is 9.59 Å². The smallest absolute Gasteiger partial charge is 0.274 e. The predicted octanol–water partition coefficient (Wildman–Crippen LogP) is 0.824. The molecule has 1 aliphatic rings. The Balaban J connectivity index is 2.03. The molecule has 0 radical (unpaired) electrons. The van der Waals surface area contributed by atoms with Gasteiger partial charge < -0.3 is 9.80 Å². The minimum absolute atomic E-state index is 0.0422. The van der Waals surface area contributed by atoms with Crippen molar-refractivity contribution in [1.29, 1.82) is 0 Å². The van der Waals surface area contributed by atoms with Crippen LogP contribution in [0, 0.1) is 0 Å². The van der Waals surface area contributed by atoms with E-state index in [9.17, 15) is 9.59 Å². The second-order valence-electron chi connectivity index (χ2n) is 4.39. The highest BCUT2D eigenvalue weighted by Crippen LogP contribution is 2.09. The average Bonchev–Trinajstić information content (AvgIpc) is 2.64. The molecule has 0 atom stereocenters. The zero-order valence-corrected chi connectivity index (χ0v) is 11.4.